The number of nitrogens with zero attached hydrogens (tertiary/aromatic N) is 1. The Morgan fingerprint density at radius 2 is 2.38 bits per heavy atom. The highest BCUT2D eigenvalue weighted by atomic mass is 32.1. The van der Waals surface area contributed by atoms with E-state index in [4.69, 9.17) is 0 Å². The van der Waals surface area contributed by atoms with Crippen molar-refractivity contribution < 1.29 is 0 Å². The summed E-state index contributed by atoms with van der Waals surface area (Å²) in [6.45, 7) is 3.44. The Balaban J connectivity index is 1.55. The van der Waals surface area contributed by atoms with Crippen LogP contribution in [0.4, 0.5) is 0 Å². The van der Waals surface area contributed by atoms with Gasteiger partial charge in [-0.3, -0.25) is 0 Å². The van der Waals surface area contributed by atoms with Crippen LogP contribution in [0.15, 0.2) is 10.9 Å². The average Bonchev–Trinajstić information content (AvgIpc) is 2.92. The molecular formula is C13H20N2S. The van der Waals surface area contributed by atoms with Gasteiger partial charge in [-0.1, -0.05) is 6.42 Å². The summed E-state index contributed by atoms with van der Waals surface area (Å²) in [7, 11) is 0. The lowest BCUT2D eigenvalue weighted by atomic mass is 9.65. The molecule has 0 radical (unpaired) electrons. The van der Waals surface area contributed by atoms with Gasteiger partial charge < -0.3 is 5.32 Å². The molecule has 0 aliphatic heterocycles. The van der Waals surface area contributed by atoms with Crippen molar-refractivity contribution in [3.63, 3.8) is 0 Å². The molecule has 1 unspecified atom stereocenters. The van der Waals surface area contributed by atoms with Gasteiger partial charge >= 0.3 is 0 Å². The Morgan fingerprint density at radius 3 is 2.88 bits per heavy atom. The van der Waals surface area contributed by atoms with Crippen molar-refractivity contribution in [1.29, 1.82) is 0 Å². The Kier molecular flexibility index (Phi) is 2.76. The minimum atomic E-state index is 0.419. The van der Waals surface area contributed by atoms with E-state index in [-0.39, 0.29) is 0 Å². The monoisotopic (exact) mass is 236 g/mol. The molecule has 1 aromatic rings. The van der Waals surface area contributed by atoms with Crippen LogP contribution in [0, 0.1) is 11.3 Å². The van der Waals surface area contributed by atoms with Crippen LogP contribution < -0.4 is 5.32 Å². The maximum absolute atomic E-state index is 4.38. The zero-order valence-corrected chi connectivity index (χ0v) is 10.7. The second-order valence-electron chi connectivity index (χ2n) is 5.51. The fourth-order valence-corrected chi connectivity index (χ4v) is 3.60. The van der Waals surface area contributed by atoms with E-state index < -0.39 is 0 Å². The number of nitrogens with one attached hydrogen (secondary N) is 1. The van der Waals surface area contributed by atoms with E-state index in [0.29, 0.717) is 11.5 Å². The summed E-state index contributed by atoms with van der Waals surface area (Å²) < 4.78 is 0. The molecule has 0 bridgehead atoms. The van der Waals surface area contributed by atoms with Crippen molar-refractivity contribution >= 4 is 11.3 Å². The molecule has 3 rings (SSSR count). The summed E-state index contributed by atoms with van der Waals surface area (Å²) in [5.74, 6) is 1.04. The van der Waals surface area contributed by atoms with E-state index in [1.54, 1.807) is 11.3 Å². The van der Waals surface area contributed by atoms with Gasteiger partial charge in [0.15, 0.2) is 0 Å². The molecule has 88 valence electrons. The zero-order chi connectivity index (χ0) is 11.0. The fourth-order valence-electron chi connectivity index (χ4n) is 2.95. The van der Waals surface area contributed by atoms with Gasteiger partial charge in [-0.15, -0.1) is 11.3 Å². The molecule has 0 amide bonds. The second kappa shape index (κ2) is 4.11. The molecule has 0 saturated heterocycles. The molecule has 2 nitrogen and oxygen atoms in total. The van der Waals surface area contributed by atoms with Crippen LogP contribution in [-0.4, -0.2) is 11.5 Å². The van der Waals surface area contributed by atoms with Crippen LogP contribution in [0.1, 0.15) is 50.8 Å². The number of hydrogen-bond acceptors (Lipinski definition) is 3. The highest BCUT2D eigenvalue weighted by Gasteiger charge is 2.48. The molecule has 2 aliphatic rings. The molecule has 3 heteroatoms. The van der Waals surface area contributed by atoms with Crippen LogP contribution >= 0.6 is 11.3 Å². The molecule has 0 spiro atoms. The van der Waals surface area contributed by atoms with Crippen molar-refractivity contribution in [3.05, 3.63) is 16.6 Å². The largest absolute Gasteiger partial charge is 0.308 e. The highest BCUT2D eigenvalue weighted by molar-refractivity contribution is 7.07. The molecule has 1 N–H and O–H groups in total. The van der Waals surface area contributed by atoms with Crippen LogP contribution in [0.25, 0.3) is 0 Å². The van der Waals surface area contributed by atoms with Crippen molar-refractivity contribution in [3.8, 4) is 0 Å². The van der Waals surface area contributed by atoms with Gasteiger partial charge in [-0.05, 0) is 43.9 Å². The van der Waals surface area contributed by atoms with Gasteiger partial charge in [0, 0.05) is 18.0 Å². The standard InChI is InChI=1S/C13H20N2S/c1-10(12-7-16-9-15-12)14-8-13(5-2-6-13)11-3-4-11/h7,9-11,14H,2-6,8H2,1H3. The maximum atomic E-state index is 4.38. The minimum absolute atomic E-state index is 0.419. The van der Waals surface area contributed by atoms with E-state index in [1.165, 1.54) is 44.3 Å². The predicted octanol–water partition coefficient (Wildman–Crippen LogP) is 3.37. The first kappa shape index (κ1) is 10.7. The average molecular weight is 236 g/mol. The summed E-state index contributed by atoms with van der Waals surface area (Å²) in [5, 5.41) is 5.85. The smallest absolute Gasteiger partial charge is 0.0795 e. The van der Waals surface area contributed by atoms with Crippen LogP contribution in [0.5, 0.6) is 0 Å². The molecule has 2 aliphatic carbocycles. The summed E-state index contributed by atoms with van der Waals surface area (Å²) in [4.78, 5) is 4.38. The fraction of sp³-hybridized carbons (Fsp3) is 0.769. The molecule has 16 heavy (non-hydrogen) atoms. The lowest BCUT2D eigenvalue weighted by Crippen LogP contribution is -2.42. The van der Waals surface area contributed by atoms with Crippen LogP contribution in [0.3, 0.4) is 0 Å². The third-order valence-electron chi connectivity index (χ3n) is 4.45. The van der Waals surface area contributed by atoms with Crippen molar-refractivity contribution in [2.45, 2.75) is 45.1 Å². The van der Waals surface area contributed by atoms with E-state index in [2.05, 4.69) is 22.6 Å². The number of aromatic nitrogens is 1. The first-order chi connectivity index (χ1) is 7.80. The lowest BCUT2D eigenvalue weighted by molar-refractivity contribution is 0.0952. The first-order valence-corrected chi connectivity index (χ1v) is 7.36. The molecule has 1 atom stereocenters. The molecule has 1 heterocycles. The molecule has 0 aromatic carbocycles. The number of thiazole rings is 1. The predicted molar refractivity (Wildman–Crippen MR) is 67.5 cm³/mol. The Bertz CT molecular complexity index is 339. The summed E-state index contributed by atoms with van der Waals surface area (Å²) >= 11 is 1.69. The second-order valence-corrected chi connectivity index (χ2v) is 6.22. The van der Waals surface area contributed by atoms with Gasteiger partial charge in [-0.2, -0.15) is 0 Å². The van der Waals surface area contributed by atoms with E-state index in [1.807, 2.05) is 5.51 Å². The van der Waals surface area contributed by atoms with Gasteiger partial charge in [-0.25, -0.2) is 4.98 Å². The Labute approximate surface area is 101 Å². The minimum Gasteiger partial charge on any atom is -0.308 e. The van der Waals surface area contributed by atoms with Gasteiger partial charge in [0.05, 0.1) is 11.2 Å². The van der Waals surface area contributed by atoms with Crippen molar-refractivity contribution in [1.82, 2.24) is 10.3 Å². The van der Waals surface area contributed by atoms with Gasteiger partial charge in [0.25, 0.3) is 0 Å². The molecule has 2 saturated carbocycles. The third-order valence-corrected chi connectivity index (χ3v) is 5.05. The van der Waals surface area contributed by atoms with Gasteiger partial charge in [0.1, 0.15) is 0 Å². The van der Waals surface area contributed by atoms with E-state index in [0.717, 1.165) is 5.92 Å². The Morgan fingerprint density at radius 1 is 1.56 bits per heavy atom. The quantitative estimate of drug-likeness (QED) is 0.848. The zero-order valence-electron chi connectivity index (χ0n) is 9.91. The number of hydrogen-bond donors (Lipinski definition) is 1. The molecular weight excluding hydrogens is 216 g/mol. The topological polar surface area (TPSA) is 24.9 Å². The third kappa shape index (κ3) is 1.91. The van der Waals surface area contributed by atoms with Crippen molar-refractivity contribution in [2.75, 3.05) is 6.54 Å². The number of rotatable bonds is 5. The molecule has 2 fully saturated rings. The Hall–Kier alpha value is -0.410. The summed E-state index contributed by atoms with van der Waals surface area (Å²) in [6.07, 6.45) is 7.31. The van der Waals surface area contributed by atoms with Crippen LogP contribution in [-0.2, 0) is 0 Å². The van der Waals surface area contributed by atoms with E-state index >= 15 is 0 Å². The SMILES string of the molecule is CC(NCC1(C2CC2)CCC1)c1cscn1. The summed E-state index contributed by atoms with van der Waals surface area (Å²) in [6, 6.07) is 0.419. The first-order valence-electron chi connectivity index (χ1n) is 6.42. The van der Waals surface area contributed by atoms with Crippen molar-refractivity contribution in [2.24, 2.45) is 11.3 Å². The van der Waals surface area contributed by atoms with E-state index in [9.17, 15) is 0 Å². The maximum Gasteiger partial charge on any atom is 0.0795 e. The lowest BCUT2D eigenvalue weighted by Gasteiger charge is -2.43. The van der Waals surface area contributed by atoms with Crippen LogP contribution in [0.2, 0.25) is 0 Å². The normalized spacial score (nSPS) is 25.1. The summed E-state index contributed by atoms with van der Waals surface area (Å²) in [5.41, 5.74) is 3.80. The molecule has 1 aromatic heterocycles. The van der Waals surface area contributed by atoms with Gasteiger partial charge in [0.2, 0.25) is 0 Å². The highest BCUT2D eigenvalue weighted by Crippen LogP contribution is 2.56.